The van der Waals surface area contributed by atoms with Crippen LogP contribution < -0.4 is 10.5 Å². The van der Waals surface area contributed by atoms with E-state index >= 15 is 0 Å². The number of nitrogens with two attached hydrogens (primary N) is 1. The van der Waals surface area contributed by atoms with Crippen molar-refractivity contribution in [3.63, 3.8) is 0 Å². The quantitative estimate of drug-likeness (QED) is 0.783. The molecule has 1 aromatic carbocycles. The van der Waals surface area contributed by atoms with Crippen LogP contribution in [-0.2, 0) is 0 Å². The summed E-state index contributed by atoms with van der Waals surface area (Å²) < 4.78 is 5.42. The number of hydrogen-bond acceptors (Lipinski definition) is 2. The molecule has 2 N–H and O–H groups in total. The fourth-order valence-electron chi connectivity index (χ4n) is 1.90. The molecule has 2 heteroatoms. The summed E-state index contributed by atoms with van der Waals surface area (Å²) in [7, 11) is 1.70. The van der Waals surface area contributed by atoms with E-state index in [-0.39, 0.29) is 6.04 Å². The molecule has 1 rings (SSSR count). The van der Waals surface area contributed by atoms with Crippen molar-refractivity contribution in [1.29, 1.82) is 0 Å². The van der Waals surface area contributed by atoms with Gasteiger partial charge in [0.1, 0.15) is 5.75 Å². The SMILES string of the molecule is COc1c(C)c(C)cc(C)c1C(C)N. The average molecular weight is 193 g/mol. The van der Waals surface area contributed by atoms with Crippen LogP contribution in [0.2, 0.25) is 0 Å². The molecule has 78 valence electrons. The van der Waals surface area contributed by atoms with Crippen LogP contribution in [-0.4, -0.2) is 7.11 Å². The molecule has 1 atom stereocenters. The van der Waals surface area contributed by atoms with Crippen LogP contribution in [0.4, 0.5) is 0 Å². The highest BCUT2D eigenvalue weighted by atomic mass is 16.5. The highest BCUT2D eigenvalue weighted by Crippen LogP contribution is 2.32. The summed E-state index contributed by atoms with van der Waals surface area (Å²) in [5, 5.41) is 0. The number of hydrogen-bond donors (Lipinski definition) is 1. The third kappa shape index (κ3) is 1.75. The lowest BCUT2D eigenvalue weighted by Gasteiger charge is -2.18. The monoisotopic (exact) mass is 193 g/mol. The molecule has 0 aliphatic carbocycles. The predicted octanol–water partition coefficient (Wildman–Crippen LogP) is 2.64. The van der Waals surface area contributed by atoms with E-state index in [9.17, 15) is 0 Å². The Hall–Kier alpha value is -1.02. The van der Waals surface area contributed by atoms with Gasteiger partial charge in [0.15, 0.2) is 0 Å². The average Bonchev–Trinajstić information content (AvgIpc) is 2.09. The van der Waals surface area contributed by atoms with Crippen LogP contribution in [0.15, 0.2) is 6.07 Å². The van der Waals surface area contributed by atoms with Crippen molar-refractivity contribution in [1.82, 2.24) is 0 Å². The van der Waals surface area contributed by atoms with Crippen molar-refractivity contribution in [2.24, 2.45) is 5.73 Å². The molecule has 0 saturated heterocycles. The Labute approximate surface area is 86.1 Å². The van der Waals surface area contributed by atoms with Gasteiger partial charge in [0, 0.05) is 11.6 Å². The Balaban J connectivity index is 3.47. The minimum Gasteiger partial charge on any atom is -0.496 e. The van der Waals surface area contributed by atoms with Crippen molar-refractivity contribution in [2.45, 2.75) is 33.7 Å². The Bertz CT molecular complexity index is 343. The first-order valence-corrected chi connectivity index (χ1v) is 4.89. The summed E-state index contributed by atoms with van der Waals surface area (Å²) >= 11 is 0. The van der Waals surface area contributed by atoms with Gasteiger partial charge in [-0.2, -0.15) is 0 Å². The van der Waals surface area contributed by atoms with E-state index < -0.39 is 0 Å². The van der Waals surface area contributed by atoms with Crippen LogP contribution in [0, 0.1) is 20.8 Å². The van der Waals surface area contributed by atoms with Gasteiger partial charge in [0.25, 0.3) is 0 Å². The van der Waals surface area contributed by atoms with E-state index in [2.05, 4.69) is 26.8 Å². The molecule has 2 nitrogen and oxygen atoms in total. The molecular formula is C12H19NO. The molecule has 0 amide bonds. The van der Waals surface area contributed by atoms with Gasteiger partial charge < -0.3 is 10.5 Å². The Morgan fingerprint density at radius 1 is 1.21 bits per heavy atom. The molecule has 1 unspecified atom stereocenters. The summed E-state index contributed by atoms with van der Waals surface area (Å²) in [6.45, 7) is 8.22. The first-order chi connectivity index (χ1) is 6.49. The molecule has 1 aromatic rings. The second-order valence-corrected chi connectivity index (χ2v) is 3.87. The topological polar surface area (TPSA) is 35.2 Å². The van der Waals surface area contributed by atoms with E-state index in [1.54, 1.807) is 7.11 Å². The molecule has 0 aromatic heterocycles. The third-order valence-corrected chi connectivity index (χ3v) is 2.69. The Morgan fingerprint density at radius 3 is 2.21 bits per heavy atom. The van der Waals surface area contributed by atoms with Gasteiger partial charge >= 0.3 is 0 Å². The van der Waals surface area contributed by atoms with E-state index in [0.29, 0.717) is 0 Å². The summed E-state index contributed by atoms with van der Waals surface area (Å²) in [6, 6.07) is 2.18. The molecule has 0 aliphatic rings. The maximum Gasteiger partial charge on any atom is 0.127 e. The standard InChI is InChI=1S/C12H19NO/c1-7-6-8(2)11(10(4)13)12(14-5)9(7)3/h6,10H,13H2,1-5H3. The highest BCUT2D eigenvalue weighted by molar-refractivity contribution is 5.50. The molecule has 0 spiro atoms. The van der Waals surface area contributed by atoms with E-state index in [1.165, 1.54) is 16.7 Å². The van der Waals surface area contributed by atoms with Crippen molar-refractivity contribution in [3.8, 4) is 5.75 Å². The van der Waals surface area contributed by atoms with Gasteiger partial charge in [-0.1, -0.05) is 6.07 Å². The fourth-order valence-corrected chi connectivity index (χ4v) is 1.90. The zero-order valence-electron chi connectivity index (χ0n) is 9.64. The maximum atomic E-state index is 5.93. The first kappa shape index (κ1) is 11.1. The summed E-state index contributed by atoms with van der Waals surface area (Å²) in [4.78, 5) is 0. The molecule has 0 aliphatic heterocycles. The van der Waals surface area contributed by atoms with E-state index in [4.69, 9.17) is 10.5 Å². The second kappa shape index (κ2) is 4.01. The molecular weight excluding hydrogens is 174 g/mol. The molecule has 14 heavy (non-hydrogen) atoms. The Kier molecular flexibility index (Phi) is 3.17. The molecule has 0 radical (unpaired) electrons. The van der Waals surface area contributed by atoms with E-state index in [0.717, 1.165) is 11.3 Å². The van der Waals surface area contributed by atoms with Gasteiger partial charge in [-0.3, -0.25) is 0 Å². The van der Waals surface area contributed by atoms with E-state index in [1.807, 2.05) is 6.92 Å². The fraction of sp³-hybridized carbons (Fsp3) is 0.500. The smallest absolute Gasteiger partial charge is 0.127 e. The van der Waals surface area contributed by atoms with Gasteiger partial charge in [0.05, 0.1) is 7.11 Å². The minimum absolute atomic E-state index is 0.0178. The normalized spacial score (nSPS) is 12.7. The Morgan fingerprint density at radius 2 is 1.79 bits per heavy atom. The maximum absolute atomic E-state index is 5.93. The first-order valence-electron chi connectivity index (χ1n) is 4.89. The van der Waals surface area contributed by atoms with Crippen molar-refractivity contribution < 1.29 is 4.74 Å². The lowest BCUT2D eigenvalue weighted by molar-refractivity contribution is 0.403. The van der Waals surface area contributed by atoms with Gasteiger partial charge in [-0.25, -0.2) is 0 Å². The van der Waals surface area contributed by atoms with Crippen molar-refractivity contribution in [3.05, 3.63) is 28.3 Å². The predicted molar refractivity (Wildman–Crippen MR) is 59.8 cm³/mol. The molecule has 0 saturated carbocycles. The molecule has 0 bridgehead atoms. The number of rotatable bonds is 2. The largest absolute Gasteiger partial charge is 0.496 e. The lowest BCUT2D eigenvalue weighted by atomic mass is 9.95. The van der Waals surface area contributed by atoms with Crippen LogP contribution in [0.5, 0.6) is 5.75 Å². The van der Waals surface area contributed by atoms with Gasteiger partial charge in [-0.15, -0.1) is 0 Å². The van der Waals surface area contributed by atoms with Crippen LogP contribution in [0.1, 0.15) is 35.2 Å². The summed E-state index contributed by atoms with van der Waals surface area (Å²) in [5.74, 6) is 0.942. The molecule has 0 fully saturated rings. The number of benzene rings is 1. The number of methoxy groups -OCH3 is 1. The van der Waals surface area contributed by atoms with Crippen LogP contribution in [0.25, 0.3) is 0 Å². The zero-order valence-corrected chi connectivity index (χ0v) is 9.64. The lowest BCUT2D eigenvalue weighted by Crippen LogP contribution is -2.10. The second-order valence-electron chi connectivity index (χ2n) is 3.87. The highest BCUT2D eigenvalue weighted by Gasteiger charge is 2.14. The summed E-state index contributed by atoms with van der Waals surface area (Å²) in [5.41, 5.74) is 10.7. The van der Waals surface area contributed by atoms with Crippen molar-refractivity contribution in [2.75, 3.05) is 7.11 Å². The minimum atomic E-state index is 0.0178. The van der Waals surface area contributed by atoms with Crippen molar-refractivity contribution >= 4 is 0 Å². The van der Waals surface area contributed by atoms with Crippen LogP contribution >= 0.6 is 0 Å². The van der Waals surface area contributed by atoms with Gasteiger partial charge in [-0.05, 0) is 44.4 Å². The zero-order chi connectivity index (χ0) is 10.9. The van der Waals surface area contributed by atoms with Gasteiger partial charge in [0.2, 0.25) is 0 Å². The number of ether oxygens (including phenoxy) is 1. The van der Waals surface area contributed by atoms with Crippen LogP contribution in [0.3, 0.4) is 0 Å². The third-order valence-electron chi connectivity index (χ3n) is 2.69. The molecule has 0 heterocycles. The summed E-state index contributed by atoms with van der Waals surface area (Å²) in [6.07, 6.45) is 0. The number of aryl methyl sites for hydroxylation is 2.